The molecule has 3 unspecified atom stereocenters. The number of ether oxygens (including phenoxy) is 7. The van der Waals surface area contributed by atoms with Crippen LogP contribution in [0.15, 0.2) is 23.3 Å². The Balaban J connectivity index is 0.0000476. The van der Waals surface area contributed by atoms with Gasteiger partial charge in [-0.1, -0.05) is 129 Å². The van der Waals surface area contributed by atoms with Crippen LogP contribution in [0.25, 0.3) is 0 Å². The van der Waals surface area contributed by atoms with Gasteiger partial charge in [0.1, 0.15) is 6.79 Å². The molecule has 13 heteroatoms. The van der Waals surface area contributed by atoms with Crippen molar-refractivity contribution in [3.8, 4) is 0 Å². The lowest BCUT2D eigenvalue weighted by Crippen LogP contribution is -2.34. The Morgan fingerprint density at radius 1 is 0.565 bits per heavy atom. The molecule has 0 spiro atoms. The summed E-state index contributed by atoms with van der Waals surface area (Å²) in [7, 11) is 3.67. The average Bonchev–Trinajstić information content (AvgIpc) is 3.59. The normalized spacial score (nSPS) is 14.5. The molecule has 3 atom stereocenters. The molecule has 0 aliphatic carbocycles. The minimum Gasteiger partial charge on any atom is -0.466 e. The molecule has 0 aromatic carbocycles. The molecule has 11 nitrogen and oxygen atoms in total. The lowest BCUT2D eigenvalue weighted by atomic mass is 10.0. The van der Waals surface area contributed by atoms with Crippen LogP contribution >= 0.6 is 21.6 Å². The second kappa shape index (κ2) is 50.4. The molecule has 0 amide bonds. The lowest BCUT2D eigenvalue weighted by molar-refractivity contribution is -0.145. The molecular formula is C56H108N2O9S2. The topological polar surface area (TPSA) is 114 Å². The first-order valence-corrected chi connectivity index (χ1v) is 30.3. The molecule has 0 saturated carbocycles. The highest BCUT2D eigenvalue weighted by Crippen LogP contribution is 2.20. The number of unbranched alkanes of at least 4 members (excludes halogenated alkanes) is 11. The Bertz CT molecular complexity index is 1220. The first kappa shape index (κ1) is 65.9. The molecule has 1 aliphatic rings. The zero-order valence-corrected chi connectivity index (χ0v) is 46.9. The van der Waals surface area contributed by atoms with Crippen LogP contribution in [0.3, 0.4) is 0 Å². The summed E-state index contributed by atoms with van der Waals surface area (Å²) in [5.74, 6) is 2.96. The van der Waals surface area contributed by atoms with Crippen LogP contribution in [0.5, 0.6) is 0 Å². The van der Waals surface area contributed by atoms with E-state index in [9.17, 15) is 9.59 Å². The predicted octanol–water partition coefficient (Wildman–Crippen LogP) is 13.9. The summed E-state index contributed by atoms with van der Waals surface area (Å²) >= 11 is 0. The maximum absolute atomic E-state index is 12.2. The van der Waals surface area contributed by atoms with E-state index in [1.54, 1.807) is 0 Å². The van der Waals surface area contributed by atoms with Gasteiger partial charge in [0.05, 0.1) is 52.5 Å². The van der Waals surface area contributed by atoms with E-state index in [2.05, 4.69) is 63.9 Å². The van der Waals surface area contributed by atoms with Crippen LogP contribution in [0, 0.1) is 11.8 Å². The van der Waals surface area contributed by atoms with E-state index in [0.29, 0.717) is 71.0 Å². The van der Waals surface area contributed by atoms with Gasteiger partial charge in [-0.3, -0.25) is 14.9 Å². The second-order valence-electron chi connectivity index (χ2n) is 20.0. The number of rotatable bonds is 50. The summed E-state index contributed by atoms with van der Waals surface area (Å²) in [6.45, 7) is 23.2. The lowest BCUT2D eigenvalue weighted by Gasteiger charge is -2.19. The Morgan fingerprint density at radius 3 is 1.62 bits per heavy atom. The van der Waals surface area contributed by atoms with E-state index in [-0.39, 0.29) is 26.3 Å². The predicted molar refractivity (Wildman–Crippen MR) is 294 cm³/mol. The number of hydrogen-bond donors (Lipinski definition) is 1. The zero-order chi connectivity index (χ0) is 50.1. The zero-order valence-electron chi connectivity index (χ0n) is 45.3. The number of allylic oxidation sites excluding steroid dienone is 4. The smallest absolute Gasteiger partial charge is 0.305 e. The van der Waals surface area contributed by atoms with Gasteiger partial charge in [-0.05, 0) is 130 Å². The quantitative estimate of drug-likeness (QED) is 0.0205. The van der Waals surface area contributed by atoms with Crippen molar-refractivity contribution < 1.29 is 44.2 Å². The SMILES string of the molecule is CC(C)=CCCC(C)CCOC(=O)CCCCCCCCCOCC(CNCOCOCCSSCCOCCN1CCCCCC1)OCCCCCCCCC(=O)OCCC(C)CCC=C(C)C.[HH]. The number of esters is 2. The standard InChI is InChI=1S/C56H106N2O9S2.H2/c1-50(2)26-24-28-52(5)32-39-66-55(59)30-18-12-8-7-10-16-22-37-62-47-54(65-38-23-17-11-9-13-19-31-56(60)67-40-33-53(6)29-25-27-51(3)4)46-57-48-64-49-63-43-45-69-68-44-42-61-41-36-58-34-20-14-15-21-35-58;/h26-27,52-54,57H,7-25,28-49H2,1-6H3;1H. The first-order chi connectivity index (χ1) is 33.7. The summed E-state index contributed by atoms with van der Waals surface area (Å²) in [4.78, 5) is 26.9. The van der Waals surface area contributed by atoms with Crippen molar-refractivity contribution in [2.24, 2.45) is 11.8 Å². The molecule has 0 aromatic rings. The van der Waals surface area contributed by atoms with Gasteiger partial charge < -0.3 is 38.1 Å². The van der Waals surface area contributed by atoms with Crippen LogP contribution in [-0.2, 0) is 42.7 Å². The van der Waals surface area contributed by atoms with Crippen molar-refractivity contribution >= 4 is 33.5 Å². The molecular weight excluding hydrogens is 909 g/mol. The largest absolute Gasteiger partial charge is 0.466 e. The Hall–Kier alpha value is -1.16. The molecule has 1 saturated heterocycles. The van der Waals surface area contributed by atoms with Crippen molar-refractivity contribution in [3.05, 3.63) is 23.3 Å². The average molecular weight is 1020 g/mol. The Kier molecular flexibility index (Phi) is 48.1. The van der Waals surface area contributed by atoms with Crippen LogP contribution < -0.4 is 5.32 Å². The van der Waals surface area contributed by atoms with E-state index in [4.69, 9.17) is 33.2 Å². The minimum absolute atomic E-state index is 0. The molecule has 1 rings (SSSR count). The molecule has 1 aliphatic heterocycles. The van der Waals surface area contributed by atoms with E-state index in [0.717, 1.165) is 147 Å². The third-order valence-corrected chi connectivity index (χ3v) is 14.8. The number of carbonyl (C=O) groups excluding carboxylic acids is 2. The van der Waals surface area contributed by atoms with E-state index in [1.807, 2.05) is 21.6 Å². The molecule has 1 N–H and O–H groups in total. The number of nitrogens with zero attached hydrogens (tertiary/aromatic N) is 1. The van der Waals surface area contributed by atoms with Gasteiger partial charge in [-0.25, -0.2) is 0 Å². The molecule has 408 valence electrons. The maximum Gasteiger partial charge on any atom is 0.305 e. The third-order valence-electron chi connectivity index (χ3n) is 12.5. The molecule has 69 heavy (non-hydrogen) atoms. The van der Waals surface area contributed by atoms with Crippen molar-refractivity contribution in [1.29, 1.82) is 0 Å². The third kappa shape index (κ3) is 48.9. The van der Waals surface area contributed by atoms with Crippen molar-refractivity contribution in [2.45, 2.75) is 208 Å². The van der Waals surface area contributed by atoms with Crippen molar-refractivity contribution in [2.75, 3.05) is 104 Å². The second-order valence-corrected chi connectivity index (χ2v) is 22.7. The Labute approximate surface area is 433 Å². The van der Waals surface area contributed by atoms with Crippen LogP contribution in [0.2, 0.25) is 0 Å². The van der Waals surface area contributed by atoms with Gasteiger partial charge in [0.25, 0.3) is 0 Å². The molecule has 1 heterocycles. The van der Waals surface area contributed by atoms with E-state index < -0.39 is 0 Å². The molecule has 1 fully saturated rings. The molecule has 0 radical (unpaired) electrons. The maximum atomic E-state index is 12.2. The molecule has 0 aromatic heterocycles. The van der Waals surface area contributed by atoms with Crippen LogP contribution in [0.4, 0.5) is 0 Å². The van der Waals surface area contributed by atoms with Gasteiger partial charge in [0.15, 0.2) is 0 Å². The van der Waals surface area contributed by atoms with E-state index in [1.165, 1.54) is 62.8 Å². The van der Waals surface area contributed by atoms with E-state index >= 15 is 0 Å². The highest BCUT2D eigenvalue weighted by Gasteiger charge is 2.12. The number of likely N-dealkylation sites (tertiary alicyclic amines) is 1. The highest BCUT2D eigenvalue weighted by atomic mass is 33.1. The number of nitrogens with one attached hydrogen (secondary N) is 1. The monoisotopic (exact) mass is 1020 g/mol. The number of carbonyl (C=O) groups is 2. The highest BCUT2D eigenvalue weighted by molar-refractivity contribution is 8.76. The minimum atomic E-state index is -0.0566. The van der Waals surface area contributed by atoms with Gasteiger partial charge in [-0.2, -0.15) is 0 Å². The fourth-order valence-electron chi connectivity index (χ4n) is 7.97. The summed E-state index contributed by atoms with van der Waals surface area (Å²) < 4.78 is 40.6. The van der Waals surface area contributed by atoms with Gasteiger partial charge in [0, 0.05) is 52.1 Å². The van der Waals surface area contributed by atoms with Gasteiger partial charge in [0.2, 0.25) is 0 Å². The van der Waals surface area contributed by atoms with Crippen molar-refractivity contribution in [1.82, 2.24) is 10.2 Å². The number of hydrogen-bond acceptors (Lipinski definition) is 13. The van der Waals surface area contributed by atoms with Crippen LogP contribution in [-0.4, -0.2) is 127 Å². The summed E-state index contributed by atoms with van der Waals surface area (Å²) in [5, 5.41) is 3.37. The summed E-state index contributed by atoms with van der Waals surface area (Å²) in [5.41, 5.74) is 2.73. The summed E-state index contributed by atoms with van der Waals surface area (Å²) in [6, 6.07) is 0. The Morgan fingerprint density at radius 2 is 1.07 bits per heavy atom. The van der Waals surface area contributed by atoms with Gasteiger partial charge >= 0.3 is 11.9 Å². The van der Waals surface area contributed by atoms with Crippen molar-refractivity contribution in [3.63, 3.8) is 0 Å². The fourth-order valence-corrected chi connectivity index (χ4v) is 9.69. The fraction of sp³-hybridized carbons (Fsp3) is 0.893. The summed E-state index contributed by atoms with van der Waals surface area (Å²) in [6.07, 6.45) is 31.4. The van der Waals surface area contributed by atoms with Crippen LogP contribution in [0.1, 0.15) is 203 Å². The first-order valence-electron chi connectivity index (χ1n) is 27.8. The van der Waals surface area contributed by atoms with Gasteiger partial charge in [-0.15, -0.1) is 0 Å². The molecule has 0 bridgehead atoms.